The molecule has 0 atom stereocenters. The van der Waals surface area contributed by atoms with Crippen LogP contribution in [0.25, 0.3) is 0 Å². The minimum Gasteiger partial charge on any atom is -0.497 e. The molecule has 3 rings (SSSR count). The van der Waals surface area contributed by atoms with Gasteiger partial charge in [0.2, 0.25) is 0 Å². The summed E-state index contributed by atoms with van der Waals surface area (Å²) in [5.41, 5.74) is 3.92. The third kappa shape index (κ3) is 3.47. The number of hydrogen-bond acceptors (Lipinski definition) is 2. The number of ether oxygens (including phenoxy) is 1. The molecule has 1 N–H and O–H groups in total. The van der Waals surface area contributed by atoms with Gasteiger partial charge in [0.25, 0.3) is 0 Å². The number of rotatable bonds is 4. The highest BCUT2D eigenvalue weighted by atomic mass is 16.5. The molecular weight excluding hydrogens is 286 g/mol. The second-order valence-electron chi connectivity index (χ2n) is 5.61. The van der Waals surface area contributed by atoms with Crippen LogP contribution in [0.2, 0.25) is 0 Å². The molecule has 0 radical (unpaired) electrons. The van der Waals surface area contributed by atoms with E-state index in [1.54, 1.807) is 7.11 Å². The van der Waals surface area contributed by atoms with Crippen LogP contribution in [0.1, 0.15) is 11.1 Å². The van der Waals surface area contributed by atoms with Gasteiger partial charge in [0, 0.05) is 25.8 Å². The van der Waals surface area contributed by atoms with Gasteiger partial charge >= 0.3 is 0 Å². The topological polar surface area (TPSA) is 36.9 Å². The van der Waals surface area contributed by atoms with Crippen molar-refractivity contribution in [3.8, 4) is 5.75 Å². The lowest BCUT2D eigenvalue weighted by molar-refractivity contribution is 0.414. The smallest absolute Gasteiger partial charge is 0.198 e. The first-order valence-corrected chi connectivity index (χ1v) is 8.01. The molecule has 4 heteroatoms. The Kier molecular flexibility index (Phi) is 4.81. The van der Waals surface area contributed by atoms with Crippen LogP contribution in [0.4, 0.5) is 5.69 Å². The van der Waals surface area contributed by atoms with E-state index in [2.05, 4.69) is 51.6 Å². The number of hydrogen-bond donors (Lipinski definition) is 1. The summed E-state index contributed by atoms with van der Waals surface area (Å²) in [6.07, 6.45) is 2.01. The van der Waals surface area contributed by atoms with E-state index >= 15 is 0 Å². The maximum absolute atomic E-state index is 5.27. The molecule has 2 aromatic rings. The standard InChI is InChI=1S/C19H23N3O/c1-20-19(22-13-11-16-7-3-4-9-18(16)22)21-12-10-15-6-5-8-17(14-15)23-2/h3-9,14H,10-13H2,1-2H3,(H,20,21). The molecule has 2 aromatic carbocycles. The second kappa shape index (κ2) is 7.18. The lowest BCUT2D eigenvalue weighted by atomic mass is 10.1. The first-order valence-electron chi connectivity index (χ1n) is 8.01. The molecule has 0 amide bonds. The summed E-state index contributed by atoms with van der Waals surface area (Å²) in [4.78, 5) is 6.71. The fourth-order valence-corrected chi connectivity index (χ4v) is 3.00. The number of benzene rings is 2. The molecule has 0 bridgehead atoms. The fraction of sp³-hybridized carbons (Fsp3) is 0.316. The molecule has 0 unspecified atom stereocenters. The minimum absolute atomic E-state index is 0.846. The van der Waals surface area contributed by atoms with E-state index in [0.29, 0.717) is 0 Å². The lowest BCUT2D eigenvalue weighted by Crippen LogP contribution is -2.41. The molecular formula is C19H23N3O. The molecule has 0 saturated heterocycles. The Morgan fingerprint density at radius 1 is 1.22 bits per heavy atom. The molecule has 0 spiro atoms. The van der Waals surface area contributed by atoms with E-state index in [9.17, 15) is 0 Å². The highest BCUT2D eigenvalue weighted by Gasteiger charge is 2.21. The summed E-state index contributed by atoms with van der Waals surface area (Å²) in [6, 6.07) is 16.7. The van der Waals surface area contributed by atoms with Crippen LogP contribution in [0, 0.1) is 0 Å². The van der Waals surface area contributed by atoms with Gasteiger partial charge in [-0.25, -0.2) is 0 Å². The van der Waals surface area contributed by atoms with Gasteiger partial charge in [0.05, 0.1) is 7.11 Å². The molecule has 0 aliphatic carbocycles. The van der Waals surface area contributed by atoms with Crippen molar-refractivity contribution in [1.29, 1.82) is 0 Å². The zero-order valence-corrected chi connectivity index (χ0v) is 13.7. The van der Waals surface area contributed by atoms with Gasteiger partial charge in [-0.1, -0.05) is 30.3 Å². The maximum Gasteiger partial charge on any atom is 0.198 e. The second-order valence-corrected chi connectivity index (χ2v) is 5.61. The third-order valence-electron chi connectivity index (χ3n) is 4.19. The van der Waals surface area contributed by atoms with Crippen molar-refractivity contribution in [2.75, 3.05) is 32.1 Å². The largest absolute Gasteiger partial charge is 0.497 e. The summed E-state index contributed by atoms with van der Waals surface area (Å²) < 4.78 is 5.27. The van der Waals surface area contributed by atoms with Crippen molar-refractivity contribution in [2.24, 2.45) is 4.99 Å². The number of para-hydroxylation sites is 1. The molecule has 0 aromatic heterocycles. The van der Waals surface area contributed by atoms with Crippen molar-refractivity contribution in [1.82, 2.24) is 5.32 Å². The Morgan fingerprint density at radius 2 is 2.09 bits per heavy atom. The predicted molar refractivity (Wildman–Crippen MR) is 95.6 cm³/mol. The quantitative estimate of drug-likeness (QED) is 0.697. The Balaban J connectivity index is 1.61. The highest BCUT2D eigenvalue weighted by Crippen LogP contribution is 2.27. The average molecular weight is 309 g/mol. The van der Waals surface area contributed by atoms with Crippen LogP contribution >= 0.6 is 0 Å². The van der Waals surface area contributed by atoms with E-state index < -0.39 is 0 Å². The average Bonchev–Trinajstić information content (AvgIpc) is 3.03. The van der Waals surface area contributed by atoms with Gasteiger partial charge < -0.3 is 15.0 Å². The van der Waals surface area contributed by atoms with Crippen LogP contribution in [0.5, 0.6) is 5.75 Å². The Hall–Kier alpha value is -2.49. The molecule has 23 heavy (non-hydrogen) atoms. The van der Waals surface area contributed by atoms with Crippen molar-refractivity contribution >= 4 is 11.6 Å². The van der Waals surface area contributed by atoms with Crippen LogP contribution in [0.3, 0.4) is 0 Å². The summed E-state index contributed by atoms with van der Waals surface area (Å²) in [6.45, 7) is 1.83. The molecule has 1 aliphatic heterocycles. The van der Waals surface area contributed by atoms with Crippen LogP contribution in [-0.4, -0.2) is 33.2 Å². The van der Waals surface area contributed by atoms with Crippen LogP contribution in [-0.2, 0) is 12.8 Å². The first-order chi connectivity index (χ1) is 11.3. The van der Waals surface area contributed by atoms with E-state index in [0.717, 1.165) is 37.6 Å². The zero-order chi connectivity index (χ0) is 16.1. The summed E-state index contributed by atoms with van der Waals surface area (Å²) in [7, 11) is 3.54. The van der Waals surface area contributed by atoms with Crippen LogP contribution in [0.15, 0.2) is 53.5 Å². The summed E-state index contributed by atoms with van der Waals surface area (Å²) in [5, 5.41) is 3.47. The van der Waals surface area contributed by atoms with Gasteiger partial charge in [-0.2, -0.15) is 0 Å². The van der Waals surface area contributed by atoms with E-state index in [1.807, 2.05) is 19.2 Å². The van der Waals surface area contributed by atoms with E-state index in [1.165, 1.54) is 16.8 Å². The van der Waals surface area contributed by atoms with Crippen molar-refractivity contribution < 1.29 is 4.74 Å². The van der Waals surface area contributed by atoms with Gasteiger partial charge in [-0.05, 0) is 42.2 Å². The maximum atomic E-state index is 5.27. The number of aliphatic imine (C=N–C) groups is 1. The Bertz CT molecular complexity index is 697. The van der Waals surface area contributed by atoms with Gasteiger partial charge in [-0.15, -0.1) is 0 Å². The van der Waals surface area contributed by atoms with Gasteiger partial charge in [0.15, 0.2) is 5.96 Å². The number of methoxy groups -OCH3 is 1. The van der Waals surface area contributed by atoms with Gasteiger partial charge in [-0.3, -0.25) is 4.99 Å². The fourth-order valence-electron chi connectivity index (χ4n) is 3.00. The SMILES string of the molecule is CN=C(NCCc1cccc(OC)c1)N1CCc2ccccc21. The zero-order valence-electron chi connectivity index (χ0n) is 13.7. The molecule has 120 valence electrons. The van der Waals surface area contributed by atoms with E-state index in [4.69, 9.17) is 4.74 Å². The van der Waals surface area contributed by atoms with Crippen molar-refractivity contribution in [2.45, 2.75) is 12.8 Å². The van der Waals surface area contributed by atoms with E-state index in [-0.39, 0.29) is 0 Å². The van der Waals surface area contributed by atoms with Crippen molar-refractivity contribution in [3.05, 3.63) is 59.7 Å². The summed E-state index contributed by atoms with van der Waals surface area (Å²) >= 11 is 0. The predicted octanol–water partition coefficient (Wildman–Crippen LogP) is 2.88. The minimum atomic E-state index is 0.846. The molecule has 1 aliphatic rings. The lowest BCUT2D eigenvalue weighted by Gasteiger charge is -2.22. The molecule has 0 fully saturated rings. The number of guanidine groups is 1. The number of nitrogens with zero attached hydrogens (tertiary/aromatic N) is 2. The Morgan fingerprint density at radius 3 is 2.91 bits per heavy atom. The number of nitrogens with one attached hydrogen (secondary N) is 1. The monoisotopic (exact) mass is 309 g/mol. The number of fused-ring (bicyclic) bond motifs is 1. The number of anilines is 1. The normalized spacial score (nSPS) is 13.8. The van der Waals surface area contributed by atoms with Crippen LogP contribution < -0.4 is 15.0 Å². The highest BCUT2D eigenvalue weighted by molar-refractivity contribution is 5.97. The molecule has 0 saturated carbocycles. The molecule has 4 nitrogen and oxygen atoms in total. The van der Waals surface area contributed by atoms with Gasteiger partial charge in [0.1, 0.15) is 5.75 Å². The third-order valence-corrected chi connectivity index (χ3v) is 4.19. The summed E-state index contributed by atoms with van der Waals surface area (Å²) in [5.74, 6) is 1.85. The first kappa shape index (κ1) is 15.4. The Labute approximate surface area is 137 Å². The molecule has 1 heterocycles. The van der Waals surface area contributed by atoms with Crippen molar-refractivity contribution in [3.63, 3.8) is 0 Å².